The Labute approximate surface area is 82.7 Å². The van der Waals surface area contributed by atoms with E-state index >= 15 is 0 Å². The lowest BCUT2D eigenvalue weighted by Gasteiger charge is -2.15. The second-order valence-electron chi connectivity index (χ2n) is 4.46. The van der Waals surface area contributed by atoms with E-state index in [4.69, 9.17) is 0 Å². The molecule has 0 saturated carbocycles. The monoisotopic (exact) mass is 184 g/mol. The van der Waals surface area contributed by atoms with Crippen LogP contribution in [0.5, 0.6) is 0 Å². The summed E-state index contributed by atoms with van der Waals surface area (Å²) in [6.45, 7) is 13.1. The molecule has 0 amide bonds. The van der Waals surface area contributed by atoms with Gasteiger partial charge in [-0.15, -0.1) is 0 Å². The van der Waals surface area contributed by atoms with Crippen LogP contribution in [-0.4, -0.2) is 37.6 Å². The molecule has 1 rings (SSSR count). The summed E-state index contributed by atoms with van der Waals surface area (Å²) in [5, 5.41) is 3.45. The van der Waals surface area contributed by atoms with Gasteiger partial charge in [0.2, 0.25) is 0 Å². The summed E-state index contributed by atoms with van der Waals surface area (Å²) in [5.41, 5.74) is 0. The van der Waals surface area contributed by atoms with Gasteiger partial charge < -0.3 is 10.2 Å². The van der Waals surface area contributed by atoms with Crippen molar-refractivity contribution >= 4 is 0 Å². The van der Waals surface area contributed by atoms with E-state index in [9.17, 15) is 0 Å². The number of nitrogens with zero attached hydrogens (tertiary/aromatic N) is 1. The molecule has 1 heterocycles. The average molecular weight is 184 g/mol. The lowest BCUT2D eigenvalue weighted by Crippen LogP contribution is -2.31. The van der Waals surface area contributed by atoms with Gasteiger partial charge in [0.15, 0.2) is 0 Å². The van der Waals surface area contributed by atoms with Crippen LogP contribution in [0, 0.1) is 11.8 Å². The number of hydrogen-bond acceptors (Lipinski definition) is 2. The lowest BCUT2D eigenvalue weighted by molar-refractivity contribution is 0.322. The van der Waals surface area contributed by atoms with Gasteiger partial charge in [0.25, 0.3) is 0 Å². The molecular formula is C11H24N2. The lowest BCUT2D eigenvalue weighted by atomic mass is 10.0. The van der Waals surface area contributed by atoms with E-state index in [0.29, 0.717) is 0 Å². The fraction of sp³-hybridized carbons (Fsp3) is 1.00. The normalized spacial score (nSPS) is 29.8. The van der Waals surface area contributed by atoms with Crippen molar-refractivity contribution in [3.63, 3.8) is 0 Å². The molecule has 2 atom stereocenters. The van der Waals surface area contributed by atoms with Crippen molar-refractivity contribution in [1.82, 2.24) is 10.2 Å². The van der Waals surface area contributed by atoms with Crippen LogP contribution in [0.25, 0.3) is 0 Å². The van der Waals surface area contributed by atoms with Gasteiger partial charge in [-0.25, -0.2) is 0 Å². The van der Waals surface area contributed by atoms with E-state index in [1.54, 1.807) is 0 Å². The van der Waals surface area contributed by atoms with Crippen molar-refractivity contribution in [3.05, 3.63) is 0 Å². The van der Waals surface area contributed by atoms with Crippen molar-refractivity contribution < 1.29 is 0 Å². The molecule has 1 saturated heterocycles. The number of likely N-dealkylation sites (tertiary alicyclic amines) is 1. The molecule has 13 heavy (non-hydrogen) atoms. The van der Waals surface area contributed by atoms with E-state index in [0.717, 1.165) is 18.4 Å². The van der Waals surface area contributed by atoms with Crippen molar-refractivity contribution in [3.8, 4) is 0 Å². The summed E-state index contributed by atoms with van der Waals surface area (Å²) < 4.78 is 0. The Morgan fingerprint density at radius 1 is 1.15 bits per heavy atom. The topological polar surface area (TPSA) is 15.3 Å². The van der Waals surface area contributed by atoms with Crippen molar-refractivity contribution in [2.24, 2.45) is 11.8 Å². The minimum atomic E-state index is 0.895. The Morgan fingerprint density at radius 3 is 2.31 bits per heavy atom. The Hall–Kier alpha value is -0.0800. The van der Waals surface area contributed by atoms with Crippen LogP contribution in [0.4, 0.5) is 0 Å². The van der Waals surface area contributed by atoms with E-state index in [2.05, 4.69) is 31.0 Å². The van der Waals surface area contributed by atoms with E-state index in [1.165, 1.54) is 32.6 Å². The maximum absolute atomic E-state index is 3.45. The second kappa shape index (κ2) is 5.61. The smallest absolute Gasteiger partial charge is 0.0107 e. The van der Waals surface area contributed by atoms with Crippen LogP contribution >= 0.6 is 0 Å². The van der Waals surface area contributed by atoms with Crippen molar-refractivity contribution in [1.29, 1.82) is 0 Å². The summed E-state index contributed by atoms with van der Waals surface area (Å²) in [6.07, 6.45) is 1.24. The van der Waals surface area contributed by atoms with Gasteiger partial charge in [0.05, 0.1) is 0 Å². The van der Waals surface area contributed by atoms with Crippen LogP contribution < -0.4 is 5.32 Å². The number of hydrogen-bond donors (Lipinski definition) is 1. The van der Waals surface area contributed by atoms with Crippen LogP contribution in [0.1, 0.15) is 27.2 Å². The molecule has 0 aromatic rings. The maximum Gasteiger partial charge on any atom is 0.0107 e. The standard InChI is InChI=1S/C11H24N2/c1-4-5-12-6-7-13-8-10(2)11(3)9-13/h10-12H,4-9H2,1-3H3. The molecule has 0 radical (unpaired) electrons. The first-order valence-corrected chi connectivity index (χ1v) is 5.67. The van der Waals surface area contributed by atoms with Crippen LogP contribution in [0.15, 0.2) is 0 Å². The van der Waals surface area contributed by atoms with E-state index < -0.39 is 0 Å². The van der Waals surface area contributed by atoms with Crippen LogP contribution in [0.3, 0.4) is 0 Å². The first kappa shape index (κ1) is 11.0. The molecule has 0 aromatic carbocycles. The Morgan fingerprint density at radius 2 is 1.77 bits per heavy atom. The zero-order chi connectivity index (χ0) is 9.68. The largest absolute Gasteiger partial charge is 0.315 e. The van der Waals surface area contributed by atoms with Crippen LogP contribution in [-0.2, 0) is 0 Å². The minimum Gasteiger partial charge on any atom is -0.315 e. The van der Waals surface area contributed by atoms with Gasteiger partial charge in [-0.2, -0.15) is 0 Å². The van der Waals surface area contributed by atoms with Gasteiger partial charge in [-0.1, -0.05) is 20.8 Å². The second-order valence-corrected chi connectivity index (χ2v) is 4.46. The molecule has 1 aliphatic heterocycles. The zero-order valence-electron chi connectivity index (χ0n) is 9.34. The highest BCUT2D eigenvalue weighted by Crippen LogP contribution is 2.21. The van der Waals surface area contributed by atoms with Gasteiger partial charge in [0, 0.05) is 26.2 Å². The predicted molar refractivity (Wildman–Crippen MR) is 57.9 cm³/mol. The molecule has 0 aromatic heterocycles. The van der Waals surface area contributed by atoms with Crippen LogP contribution in [0.2, 0.25) is 0 Å². The molecule has 0 bridgehead atoms. The number of rotatable bonds is 5. The molecule has 2 heteroatoms. The molecule has 1 N–H and O–H groups in total. The first-order valence-electron chi connectivity index (χ1n) is 5.67. The molecule has 0 spiro atoms. The Balaban J connectivity index is 2.03. The SMILES string of the molecule is CCCNCCN1CC(C)C(C)C1. The molecule has 1 fully saturated rings. The summed E-state index contributed by atoms with van der Waals surface area (Å²) in [4.78, 5) is 2.58. The third kappa shape index (κ3) is 3.65. The molecule has 2 nitrogen and oxygen atoms in total. The fourth-order valence-electron chi connectivity index (χ4n) is 1.97. The summed E-state index contributed by atoms with van der Waals surface area (Å²) in [5.74, 6) is 1.79. The van der Waals surface area contributed by atoms with Gasteiger partial charge in [0.1, 0.15) is 0 Å². The highest BCUT2D eigenvalue weighted by atomic mass is 15.2. The van der Waals surface area contributed by atoms with Gasteiger partial charge in [-0.3, -0.25) is 0 Å². The molecular weight excluding hydrogens is 160 g/mol. The minimum absolute atomic E-state index is 0.895. The van der Waals surface area contributed by atoms with Gasteiger partial charge >= 0.3 is 0 Å². The van der Waals surface area contributed by atoms with Crippen molar-refractivity contribution in [2.45, 2.75) is 27.2 Å². The van der Waals surface area contributed by atoms with E-state index in [1.807, 2.05) is 0 Å². The first-order chi connectivity index (χ1) is 6.24. The third-order valence-electron chi connectivity index (χ3n) is 3.10. The molecule has 0 aliphatic carbocycles. The maximum atomic E-state index is 3.45. The Bertz CT molecular complexity index is 126. The Kier molecular flexibility index (Phi) is 4.74. The number of nitrogens with one attached hydrogen (secondary N) is 1. The highest BCUT2D eigenvalue weighted by Gasteiger charge is 2.24. The highest BCUT2D eigenvalue weighted by molar-refractivity contribution is 4.78. The molecule has 2 unspecified atom stereocenters. The molecule has 1 aliphatic rings. The predicted octanol–water partition coefficient (Wildman–Crippen LogP) is 1.57. The summed E-state index contributed by atoms with van der Waals surface area (Å²) >= 11 is 0. The van der Waals surface area contributed by atoms with E-state index in [-0.39, 0.29) is 0 Å². The molecule has 78 valence electrons. The summed E-state index contributed by atoms with van der Waals surface area (Å²) in [7, 11) is 0. The fourth-order valence-corrected chi connectivity index (χ4v) is 1.97. The third-order valence-corrected chi connectivity index (χ3v) is 3.10. The van der Waals surface area contributed by atoms with Gasteiger partial charge in [-0.05, 0) is 24.8 Å². The quantitative estimate of drug-likeness (QED) is 0.653. The van der Waals surface area contributed by atoms with Crippen molar-refractivity contribution in [2.75, 3.05) is 32.7 Å². The summed E-state index contributed by atoms with van der Waals surface area (Å²) in [6, 6.07) is 0. The zero-order valence-corrected chi connectivity index (χ0v) is 9.34. The average Bonchev–Trinajstić information content (AvgIpc) is 2.41.